The Kier molecular flexibility index (Phi) is 2.34. The van der Waals surface area contributed by atoms with E-state index in [1.54, 1.807) is 0 Å². The third-order valence-electron chi connectivity index (χ3n) is 3.91. The van der Waals surface area contributed by atoms with Gasteiger partial charge >= 0.3 is 0 Å². The number of nitrogen functional groups attached to an aromatic ring is 2. The Bertz CT molecular complexity index is 804. The molecule has 0 amide bonds. The van der Waals surface area contributed by atoms with Crippen molar-refractivity contribution in [3.05, 3.63) is 23.8 Å². The molecule has 3 heterocycles. The maximum absolute atomic E-state index is 5.95. The fraction of sp³-hybridized carbons (Fsp3) is 0.286. The van der Waals surface area contributed by atoms with Crippen molar-refractivity contribution in [2.45, 2.75) is 12.3 Å². The van der Waals surface area contributed by atoms with Crippen molar-refractivity contribution < 1.29 is 4.42 Å². The zero-order valence-corrected chi connectivity index (χ0v) is 10.9. The summed E-state index contributed by atoms with van der Waals surface area (Å²) >= 11 is 0. The molecule has 0 saturated carbocycles. The summed E-state index contributed by atoms with van der Waals surface area (Å²) in [5.74, 6) is 0.927. The van der Waals surface area contributed by atoms with Gasteiger partial charge in [0.2, 0.25) is 5.95 Å². The van der Waals surface area contributed by atoms with Gasteiger partial charge in [-0.2, -0.15) is 4.98 Å². The van der Waals surface area contributed by atoms with Gasteiger partial charge in [0.15, 0.2) is 11.4 Å². The summed E-state index contributed by atoms with van der Waals surface area (Å²) in [4.78, 5) is 8.23. The molecule has 0 spiro atoms. The van der Waals surface area contributed by atoms with Crippen LogP contribution in [0.4, 0.5) is 11.8 Å². The maximum Gasteiger partial charge on any atom is 0.222 e. The van der Waals surface area contributed by atoms with Crippen molar-refractivity contribution in [3.63, 3.8) is 0 Å². The molecular weight excluding hydrogens is 254 g/mol. The SMILES string of the molecule is Nc1nc(N)c2oc3c(C4CCNC4)cccc3c2n1. The number of furan rings is 1. The summed E-state index contributed by atoms with van der Waals surface area (Å²) < 4.78 is 5.95. The second-order valence-electron chi connectivity index (χ2n) is 5.16. The highest BCUT2D eigenvalue weighted by Crippen LogP contribution is 2.36. The predicted octanol–water partition coefficient (Wildman–Crippen LogP) is 1.62. The molecule has 1 fully saturated rings. The van der Waals surface area contributed by atoms with E-state index in [1.807, 2.05) is 12.1 Å². The van der Waals surface area contributed by atoms with Crippen LogP contribution in [0.1, 0.15) is 17.9 Å². The van der Waals surface area contributed by atoms with Crippen LogP contribution in [0, 0.1) is 0 Å². The topological polar surface area (TPSA) is 103 Å². The van der Waals surface area contributed by atoms with Gasteiger partial charge in [0, 0.05) is 17.8 Å². The van der Waals surface area contributed by atoms with Crippen molar-refractivity contribution in [2.75, 3.05) is 24.6 Å². The highest BCUT2D eigenvalue weighted by molar-refractivity contribution is 6.06. The molecule has 1 aromatic carbocycles. The number of fused-ring (bicyclic) bond motifs is 3. The van der Waals surface area contributed by atoms with E-state index >= 15 is 0 Å². The molecule has 102 valence electrons. The van der Waals surface area contributed by atoms with Gasteiger partial charge in [-0.15, -0.1) is 0 Å². The zero-order valence-electron chi connectivity index (χ0n) is 10.9. The molecule has 0 bridgehead atoms. The van der Waals surface area contributed by atoms with Crippen molar-refractivity contribution in [1.82, 2.24) is 15.3 Å². The summed E-state index contributed by atoms with van der Waals surface area (Å²) in [6.07, 6.45) is 1.11. The van der Waals surface area contributed by atoms with Crippen molar-refractivity contribution in [2.24, 2.45) is 0 Å². The summed E-state index contributed by atoms with van der Waals surface area (Å²) in [6, 6.07) is 6.12. The first-order valence-electron chi connectivity index (χ1n) is 6.69. The molecule has 5 N–H and O–H groups in total. The average Bonchev–Trinajstić information content (AvgIpc) is 3.05. The quantitative estimate of drug-likeness (QED) is 0.620. The zero-order chi connectivity index (χ0) is 13.7. The molecule has 1 aliphatic rings. The van der Waals surface area contributed by atoms with Gasteiger partial charge in [-0.05, 0) is 24.6 Å². The summed E-state index contributed by atoms with van der Waals surface area (Å²) in [5, 5.41) is 4.32. The summed E-state index contributed by atoms with van der Waals surface area (Å²) in [5.41, 5.74) is 14.8. The van der Waals surface area contributed by atoms with Gasteiger partial charge in [0.05, 0.1) is 0 Å². The molecule has 3 aromatic rings. The first-order chi connectivity index (χ1) is 9.74. The van der Waals surface area contributed by atoms with Gasteiger partial charge in [-0.25, -0.2) is 4.98 Å². The van der Waals surface area contributed by atoms with Crippen LogP contribution in [0.25, 0.3) is 22.1 Å². The number of nitrogens with zero attached hydrogens (tertiary/aromatic N) is 2. The lowest BCUT2D eigenvalue weighted by atomic mass is 9.97. The Balaban J connectivity index is 2.05. The number of hydrogen-bond acceptors (Lipinski definition) is 6. The van der Waals surface area contributed by atoms with Crippen LogP contribution < -0.4 is 16.8 Å². The van der Waals surface area contributed by atoms with Gasteiger partial charge in [-0.1, -0.05) is 12.1 Å². The molecule has 20 heavy (non-hydrogen) atoms. The number of nitrogens with two attached hydrogens (primary N) is 2. The largest absolute Gasteiger partial charge is 0.450 e. The Morgan fingerprint density at radius 2 is 2.10 bits per heavy atom. The minimum Gasteiger partial charge on any atom is -0.450 e. The highest BCUT2D eigenvalue weighted by atomic mass is 16.3. The minimum atomic E-state index is 0.172. The smallest absolute Gasteiger partial charge is 0.222 e. The van der Waals surface area contributed by atoms with Crippen LogP contribution in [0.5, 0.6) is 0 Å². The van der Waals surface area contributed by atoms with Crippen molar-refractivity contribution in [3.8, 4) is 0 Å². The van der Waals surface area contributed by atoms with E-state index in [9.17, 15) is 0 Å². The van der Waals surface area contributed by atoms with Crippen LogP contribution in [-0.2, 0) is 0 Å². The molecule has 0 radical (unpaired) electrons. The summed E-state index contributed by atoms with van der Waals surface area (Å²) in [7, 11) is 0. The van der Waals surface area contributed by atoms with Gasteiger partial charge < -0.3 is 21.2 Å². The number of aromatic nitrogens is 2. The molecule has 1 atom stereocenters. The monoisotopic (exact) mass is 269 g/mol. The number of para-hydroxylation sites is 1. The van der Waals surface area contributed by atoms with Gasteiger partial charge in [0.25, 0.3) is 0 Å². The lowest BCUT2D eigenvalue weighted by Crippen LogP contribution is -2.07. The Morgan fingerprint density at radius 3 is 2.90 bits per heavy atom. The molecule has 6 nitrogen and oxygen atoms in total. The molecule has 1 aliphatic heterocycles. The molecule has 1 unspecified atom stereocenters. The normalized spacial score (nSPS) is 19.1. The molecule has 4 rings (SSSR count). The van der Waals surface area contributed by atoms with Crippen molar-refractivity contribution >= 4 is 33.8 Å². The molecule has 6 heteroatoms. The van der Waals surface area contributed by atoms with Crippen LogP contribution in [0.2, 0.25) is 0 Å². The lowest BCUT2D eigenvalue weighted by molar-refractivity contribution is 0.649. The standard InChI is InChI=1S/C14H15N5O/c15-13-12-10(18-14(16)19-13)9-3-1-2-8(11(9)20-12)7-4-5-17-6-7/h1-3,7,17H,4-6H2,(H4,15,16,18,19). The predicted molar refractivity (Wildman–Crippen MR) is 78.4 cm³/mol. The van der Waals surface area contributed by atoms with E-state index in [-0.39, 0.29) is 5.95 Å². The molecule has 1 saturated heterocycles. The lowest BCUT2D eigenvalue weighted by Gasteiger charge is -2.08. The highest BCUT2D eigenvalue weighted by Gasteiger charge is 2.22. The van der Waals surface area contributed by atoms with E-state index in [4.69, 9.17) is 15.9 Å². The second kappa shape index (κ2) is 4.08. The van der Waals surface area contributed by atoms with E-state index in [0.29, 0.717) is 22.8 Å². The maximum atomic E-state index is 5.95. The first-order valence-corrected chi connectivity index (χ1v) is 6.69. The molecule has 0 aliphatic carbocycles. The van der Waals surface area contributed by atoms with Gasteiger partial charge in [-0.3, -0.25) is 0 Å². The fourth-order valence-electron chi connectivity index (χ4n) is 2.97. The van der Waals surface area contributed by atoms with Gasteiger partial charge in [0.1, 0.15) is 11.1 Å². The third-order valence-corrected chi connectivity index (χ3v) is 3.91. The minimum absolute atomic E-state index is 0.172. The molecular formula is C14H15N5O. The average molecular weight is 269 g/mol. The van der Waals surface area contributed by atoms with Crippen LogP contribution in [0.15, 0.2) is 22.6 Å². The van der Waals surface area contributed by atoms with E-state index in [2.05, 4.69) is 21.4 Å². The summed E-state index contributed by atoms with van der Waals surface area (Å²) in [6.45, 7) is 2.01. The Hall–Kier alpha value is -2.34. The van der Waals surface area contributed by atoms with E-state index < -0.39 is 0 Å². The first kappa shape index (κ1) is 11.5. The van der Waals surface area contributed by atoms with Crippen molar-refractivity contribution in [1.29, 1.82) is 0 Å². The number of rotatable bonds is 1. The van der Waals surface area contributed by atoms with Crippen LogP contribution >= 0.6 is 0 Å². The number of nitrogens with one attached hydrogen (secondary N) is 1. The van der Waals surface area contributed by atoms with E-state index in [1.165, 1.54) is 5.56 Å². The molecule has 2 aromatic heterocycles. The number of benzene rings is 1. The fourth-order valence-corrected chi connectivity index (χ4v) is 2.97. The van der Waals surface area contributed by atoms with Crippen LogP contribution in [0.3, 0.4) is 0 Å². The second-order valence-corrected chi connectivity index (χ2v) is 5.16. The third kappa shape index (κ3) is 1.55. The van der Waals surface area contributed by atoms with E-state index in [0.717, 1.165) is 30.5 Å². The Labute approximate surface area is 115 Å². The number of anilines is 2. The number of hydrogen-bond donors (Lipinski definition) is 3. The van der Waals surface area contributed by atoms with Crippen LogP contribution in [-0.4, -0.2) is 23.1 Å². The Morgan fingerprint density at radius 1 is 1.20 bits per heavy atom.